The first-order valence-electron chi connectivity index (χ1n) is 10.3. The van der Waals surface area contributed by atoms with Crippen molar-refractivity contribution in [3.05, 3.63) is 51.0 Å². The molecule has 2 aliphatic rings. The van der Waals surface area contributed by atoms with Gasteiger partial charge in [-0.1, -0.05) is 28.1 Å². The van der Waals surface area contributed by atoms with Crippen LogP contribution in [-0.4, -0.2) is 37.0 Å². The van der Waals surface area contributed by atoms with Crippen LogP contribution in [0, 0.1) is 12.8 Å². The Balaban J connectivity index is 1.74. The fraction of sp³-hybridized carbons (Fsp3) is 0.435. The number of aryl methyl sites for hydroxylation is 2. The predicted molar refractivity (Wildman–Crippen MR) is 119 cm³/mol. The molecule has 1 aliphatic heterocycles. The maximum absolute atomic E-state index is 13.0. The lowest BCUT2D eigenvalue weighted by molar-refractivity contribution is -0.137. The zero-order chi connectivity index (χ0) is 21.7. The van der Waals surface area contributed by atoms with Crippen molar-refractivity contribution in [1.82, 2.24) is 10.6 Å². The summed E-state index contributed by atoms with van der Waals surface area (Å²) in [5.74, 6) is -0.820. The smallest absolute Gasteiger partial charge is 0.330 e. The average molecular weight is 475 g/mol. The highest BCUT2D eigenvalue weighted by atomic mass is 79.9. The molecule has 30 heavy (non-hydrogen) atoms. The molecule has 7 heteroatoms. The van der Waals surface area contributed by atoms with Gasteiger partial charge >= 0.3 is 5.97 Å². The molecule has 2 atom stereocenters. The monoisotopic (exact) mass is 474 g/mol. The highest BCUT2D eigenvalue weighted by Gasteiger charge is 2.28. The second-order valence-corrected chi connectivity index (χ2v) is 8.53. The summed E-state index contributed by atoms with van der Waals surface area (Å²) in [6.07, 6.45) is 7.50. The van der Waals surface area contributed by atoms with Gasteiger partial charge in [0.1, 0.15) is 0 Å². The Bertz CT molecular complexity index is 907. The Kier molecular flexibility index (Phi) is 7.48. The first-order chi connectivity index (χ1) is 14.4. The van der Waals surface area contributed by atoms with Crippen LogP contribution in [0.1, 0.15) is 42.9 Å². The van der Waals surface area contributed by atoms with E-state index in [0.717, 1.165) is 22.9 Å². The molecule has 0 spiro atoms. The van der Waals surface area contributed by atoms with Gasteiger partial charge in [0.15, 0.2) is 0 Å². The SMILES string of the molecule is CCOC(=O)/C=C/C(CC1CCNC1=O)NC(=O)C1=Cc2cc(Br)c(C)cc2CC1. The molecule has 1 fully saturated rings. The van der Waals surface area contributed by atoms with Gasteiger partial charge < -0.3 is 15.4 Å². The Morgan fingerprint density at radius 1 is 1.37 bits per heavy atom. The topological polar surface area (TPSA) is 84.5 Å². The van der Waals surface area contributed by atoms with Crippen molar-refractivity contribution in [3.8, 4) is 0 Å². The summed E-state index contributed by atoms with van der Waals surface area (Å²) in [4.78, 5) is 36.6. The highest BCUT2D eigenvalue weighted by molar-refractivity contribution is 9.10. The number of benzene rings is 1. The third kappa shape index (κ3) is 5.59. The van der Waals surface area contributed by atoms with Crippen molar-refractivity contribution in [2.45, 2.75) is 45.6 Å². The van der Waals surface area contributed by atoms with Gasteiger partial charge in [-0.05, 0) is 68.4 Å². The Morgan fingerprint density at radius 3 is 2.87 bits per heavy atom. The molecule has 1 heterocycles. The van der Waals surface area contributed by atoms with Gasteiger partial charge in [-0.2, -0.15) is 0 Å². The van der Waals surface area contributed by atoms with Gasteiger partial charge in [-0.25, -0.2) is 4.79 Å². The van der Waals surface area contributed by atoms with E-state index in [1.807, 2.05) is 12.1 Å². The van der Waals surface area contributed by atoms with Crippen LogP contribution in [-0.2, 0) is 25.5 Å². The maximum Gasteiger partial charge on any atom is 0.330 e. The quantitative estimate of drug-likeness (QED) is 0.469. The molecule has 2 unspecified atom stereocenters. The molecule has 6 nitrogen and oxygen atoms in total. The maximum atomic E-state index is 13.0. The third-order valence-corrected chi connectivity index (χ3v) is 6.33. The molecule has 160 valence electrons. The van der Waals surface area contributed by atoms with E-state index in [2.05, 4.69) is 39.6 Å². The number of halogens is 1. The number of amides is 2. The van der Waals surface area contributed by atoms with Crippen molar-refractivity contribution in [3.63, 3.8) is 0 Å². The fourth-order valence-corrected chi connectivity index (χ4v) is 4.19. The van der Waals surface area contributed by atoms with Crippen LogP contribution in [0.3, 0.4) is 0 Å². The first kappa shape index (κ1) is 22.3. The summed E-state index contributed by atoms with van der Waals surface area (Å²) in [6, 6.07) is 3.76. The number of nitrogens with one attached hydrogen (secondary N) is 2. The van der Waals surface area contributed by atoms with E-state index in [1.165, 1.54) is 17.2 Å². The lowest BCUT2D eigenvalue weighted by Crippen LogP contribution is -2.37. The number of carbonyl (C=O) groups excluding carboxylic acids is 3. The zero-order valence-electron chi connectivity index (χ0n) is 17.3. The van der Waals surface area contributed by atoms with Gasteiger partial charge in [-0.15, -0.1) is 0 Å². The summed E-state index contributed by atoms with van der Waals surface area (Å²) >= 11 is 3.55. The minimum Gasteiger partial charge on any atom is -0.463 e. The van der Waals surface area contributed by atoms with Crippen molar-refractivity contribution in [1.29, 1.82) is 0 Å². The van der Waals surface area contributed by atoms with E-state index in [0.29, 0.717) is 25.0 Å². The van der Waals surface area contributed by atoms with Gasteiger partial charge in [0.25, 0.3) is 0 Å². The number of fused-ring (bicyclic) bond motifs is 1. The van der Waals surface area contributed by atoms with Crippen LogP contribution in [0.15, 0.2) is 34.3 Å². The molecule has 0 radical (unpaired) electrons. The minimum atomic E-state index is -0.460. The predicted octanol–water partition coefficient (Wildman–Crippen LogP) is 3.22. The molecular formula is C23H27BrN2O4. The number of hydrogen-bond acceptors (Lipinski definition) is 4. The third-order valence-electron chi connectivity index (χ3n) is 5.47. The zero-order valence-corrected chi connectivity index (χ0v) is 18.9. The van der Waals surface area contributed by atoms with Crippen LogP contribution in [0.25, 0.3) is 6.08 Å². The highest BCUT2D eigenvalue weighted by Crippen LogP contribution is 2.29. The van der Waals surface area contributed by atoms with Crippen LogP contribution >= 0.6 is 15.9 Å². The Morgan fingerprint density at radius 2 is 2.17 bits per heavy atom. The van der Waals surface area contributed by atoms with E-state index >= 15 is 0 Å². The molecular weight excluding hydrogens is 448 g/mol. The average Bonchev–Trinajstić information content (AvgIpc) is 3.11. The van der Waals surface area contributed by atoms with Gasteiger partial charge in [0.05, 0.1) is 6.61 Å². The Hall–Kier alpha value is -2.41. The second-order valence-electron chi connectivity index (χ2n) is 7.67. The van der Waals surface area contributed by atoms with Crippen molar-refractivity contribution < 1.29 is 19.1 Å². The first-order valence-corrected chi connectivity index (χ1v) is 11.1. The number of esters is 1. The van der Waals surface area contributed by atoms with Gasteiger partial charge in [-0.3, -0.25) is 9.59 Å². The largest absolute Gasteiger partial charge is 0.463 e. The summed E-state index contributed by atoms with van der Waals surface area (Å²) < 4.78 is 5.95. The molecule has 2 N–H and O–H groups in total. The van der Waals surface area contributed by atoms with Crippen LogP contribution < -0.4 is 10.6 Å². The number of rotatable bonds is 7. The Labute approximate surface area is 185 Å². The van der Waals surface area contributed by atoms with Crippen molar-refractivity contribution >= 4 is 39.8 Å². The second kappa shape index (κ2) is 10.1. The number of ether oxygens (including phenoxy) is 1. The van der Waals surface area contributed by atoms with Gasteiger partial charge in [0.2, 0.25) is 11.8 Å². The molecule has 1 aromatic rings. The summed E-state index contributed by atoms with van der Waals surface area (Å²) in [5.41, 5.74) is 4.14. The van der Waals surface area contributed by atoms with E-state index in [4.69, 9.17) is 4.74 Å². The summed E-state index contributed by atoms with van der Waals surface area (Å²) in [6.45, 7) is 4.71. The van der Waals surface area contributed by atoms with E-state index < -0.39 is 12.0 Å². The van der Waals surface area contributed by atoms with Crippen LogP contribution in [0.5, 0.6) is 0 Å². The van der Waals surface area contributed by atoms with E-state index in [9.17, 15) is 14.4 Å². The standard InChI is InChI=1S/C23H27BrN2O4/c1-3-30-21(27)7-6-19(12-17-8-9-25-22(17)28)26-23(29)16-5-4-15-10-14(2)20(24)13-18(15)11-16/h6-7,10-11,13,17,19H,3-5,8-9,12H2,1-2H3,(H,25,28)(H,26,29)/b7-6+. The summed E-state index contributed by atoms with van der Waals surface area (Å²) in [5, 5.41) is 5.81. The van der Waals surface area contributed by atoms with Crippen molar-refractivity contribution in [2.24, 2.45) is 5.92 Å². The molecule has 0 aromatic heterocycles. The minimum absolute atomic E-state index is 0.00943. The summed E-state index contributed by atoms with van der Waals surface area (Å²) in [7, 11) is 0. The normalized spacial score (nSPS) is 19.1. The van der Waals surface area contributed by atoms with Crippen LogP contribution in [0.4, 0.5) is 0 Å². The van der Waals surface area contributed by atoms with Crippen LogP contribution in [0.2, 0.25) is 0 Å². The van der Waals surface area contributed by atoms with E-state index in [-0.39, 0.29) is 24.3 Å². The molecule has 3 rings (SSSR count). The van der Waals surface area contributed by atoms with E-state index in [1.54, 1.807) is 13.0 Å². The molecule has 0 saturated carbocycles. The molecule has 2 amide bonds. The van der Waals surface area contributed by atoms with Gasteiger partial charge in [0, 0.05) is 34.6 Å². The number of hydrogen-bond donors (Lipinski definition) is 2. The number of carbonyl (C=O) groups is 3. The van der Waals surface area contributed by atoms with Crippen molar-refractivity contribution in [2.75, 3.05) is 13.2 Å². The lowest BCUT2D eigenvalue weighted by atomic mass is 9.90. The fourth-order valence-electron chi connectivity index (χ4n) is 3.82. The molecule has 1 aromatic carbocycles. The lowest BCUT2D eigenvalue weighted by Gasteiger charge is -2.21. The molecule has 1 aliphatic carbocycles. The molecule has 0 bridgehead atoms. The molecule has 1 saturated heterocycles.